The van der Waals surface area contributed by atoms with E-state index in [0.29, 0.717) is 22.8 Å². The van der Waals surface area contributed by atoms with Gasteiger partial charge in [-0.25, -0.2) is 4.98 Å². The van der Waals surface area contributed by atoms with Gasteiger partial charge in [-0.1, -0.05) is 12.1 Å². The van der Waals surface area contributed by atoms with E-state index < -0.39 is 6.36 Å². The molecular weight excluding hydrogens is 361 g/mol. The number of nitrogens with zero attached hydrogens (tertiary/aromatic N) is 2. The fourth-order valence-electron chi connectivity index (χ4n) is 2.32. The smallest absolute Gasteiger partial charge is 0.508 e. The van der Waals surface area contributed by atoms with E-state index in [9.17, 15) is 18.3 Å². The highest BCUT2D eigenvalue weighted by Crippen LogP contribution is 2.29. The summed E-state index contributed by atoms with van der Waals surface area (Å²) in [5.74, 6) is 0.507. The van der Waals surface area contributed by atoms with Gasteiger partial charge in [0.1, 0.15) is 17.3 Å². The number of benzene rings is 2. The molecule has 1 aromatic heterocycles. The molecule has 0 unspecified atom stereocenters. The van der Waals surface area contributed by atoms with Crippen molar-refractivity contribution in [1.82, 2.24) is 9.97 Å². The third-order valence-electron chi connectivity index (χ3n) is 3.45. The SMILES string of the molecule is CNc1nc(Nc2ccc(O)cc2)cc(-c2cccc(OC(F)(F)F)c2)n1. The van der Waals surface area contributed by atoms with Crippen LogP contribution >= 0.6 is 0 Å². The molecule has 9 heteroatoms. The number of anilines is 3. The molecule has 0 aliphatic rings. The number of rotatable bonds is 5. The molecule has 0 saturated heterocycles. The summed E-state index contributed by atoms with van der Waals surface area (Å²) in [6.07, 6.45) is -4.77. The standard InChI is InChI=1S/C18H15F3N4O2/c1-22-17-24-15(11-3-2-4-14(9-11)27-18(19,20)21)10-16(25-17)23-12-5-7-13(26)8-6-12/h2-10,26H,1H3,(H2,22,23,24,25). The van der Waals surface area contributed by atoms with Crippen LogP contribution in [0.15, 0.2) is 54.6 Å². The summed E-state index contributed by atoms with van der Waals surface area (Å²) < 4.78 is 41.3. The van der Waals surface area contributed by atoms with Crippen LogP contribution in [0.4, 0.5) is 30.6 Å². The van der Waals surface area contributed by atoms with E-state index in [1.54, 1.807) is 31.3 Å². The second-order valence-electron chi connectivity index (χ2n) is 5.46. The fraction of sp³-hybridized carbons (Fsp3) is 0.111. The molecule has 6 nitrogen and oxygen atoms in total. The van der Waals surface area contributed by atoms with Gasteiger partial charge in [-0.2, -0.15) is 4.98 Å². The molecule has 1 heterocycles. The molecule has 0 amide bonds. The summed E-state index contributed by atoms with van der Waals surface area (Å²) >= 11 is 0. The molecule has 0 saturated carbocycles. The third kappa shape index (κ3) is 5.00. The molecule has 0 atom stereocenters. The van der Waals surface area contributed by atoms with Crippen molar-refractivity contribution in [2.24, 2.45) is 0 Å². The molecule has 0 aliphatic heterocycles. The molecule has 3 aromatic rings. The van der Waals surface area contributed by atoms with Crippen molar-refractivity contribution in [2.75, 3.05) is 17.7 Å². The first-order valence-electron chi connectivity index (χ1n) is 7.81. The molecule has 3 rings (SSSR count). The molecule has 2 aromatic carbocycles. The Hall–Kier alpha value is -3.49. The third-order valence-corrected chi connectivity index (χ3v) is 3.45. The van der Waals surface area contributed by atoms with E-state index in [4.69, 9.17) is 0 Å². The Labute approximate surface area is 152 Å². The maximum absolute atomic E-state index is 12.4. The highest BCUT2D eigenvalue weighted by molar-refractivity contribution is 5.68. The monoisotopic (exact) mass is 376 g/mol. The predicted molar refractivity (Wildman–Crippen MR) is 95.1 cm³/mol. The van der Waals surface area contributed by atoms with Crippen molar-refractivity contribution in [2.45, 2.75) is 6.36 Å². The second kappa shape index (κ2) is 7.40. The molecular formula is C18H15F3N4O2. The van der Waals surface area contributed by atoms with Gasteiger partial charge in [0, 0.05) is 24.4 Å². The van der Waals surface area contributed by atoms with Crippen LogP contribution in [-0.2, 0) is 0 Å². The first-order chi connectivity index (χ1) is 12.8. The van der Waals surface area contributed by atoms with Crippen LogP contribution < -0.4 is 15.4 Å². The number of ether oxygens (including phenoxy) is 1. The van der Waals surface area contributed by atoms with Crippen LogP contribution in [0.25, 0.3) is 11.3 Å². The summed E-state index contributed by atoms with van der Waals surface area (Å²) in [7, 11) is 1.63. The first kappa shape index (κ1) is 18.3. The minimum atomic E-state index is -4.77. The summed E-state index contributed by atoms with van der Waals surface area (Å²) in [6, 6.07) is 13.5. The number of nitrogens with one attached hydrogen (secondary N) is 2. The van der Waals surface area contributed by atoms with Crippen LogP contribution in [-0.4, -0.2) is 28.5 Å². The molecule has 0 aliphatic carbocycles. The summed E-state index contributed by atoms with van der Waals surface area (Å²) in [4.78, 5) is 8.55. The topological polar surface area (TPSA) is 79.3 Å². The van der Waals surface area contributed by atoms with Gasteiger partial charge in [0.15, 0.2) is 0 Å². The minimum absolute atomic E-state index is 0.126. The maximum atomic E-state index is 12.4. The average molecular weight is 376 g/mol. The molecule has 0 bridgehead atoms. The van der Waals surface area contributed by atoms with Crippen LogP contribution in [0.1, 0.15) is 0 Å². The number of halogens is 3. The highest BCUT2D eigenvalue weighted by atomic mass is 19.4. The van der Waals surface area contributed by atoms with Gasteiger partial charge in [0.05, 0.1) is 5.69 Å². The predicted octanol–water partition coefficient (Wildman–Crippen LogP) is 4.53. The van der Waals surface area contributed by atoms with E-state index in [1.807, 2.05) is 0 Å². The summed E-state index contributed by atoms with van der Waals surface area (Å²) in [5.41, 5.74) is 1.52. The average Bonchev–Trinajstić information content (AvgIpc) is 2.62. The van der Waals surface area contributed by atoms with Crippen LogP contribution in [0.3, 0.4) is 0 Å². The fourth-order valence-corrected chi connectivity index (χ4v) is 2.32. The Morgan fingerprint density at radius 2 is 1.74 bits per heavy atom. The van der Waals surface area contributed by atoms with Gasteiger partial charge in [0.2, 0.25) is 5.95 Å². The van der Waals surface area contributed by atoms with Crippen LogP contribution in [0.5, 0.6) is 11.5 Å². The number of aromatic nitrogens is 2. The lowest BCUT2D eigenvalue weighted by Crippen LogP contribution is -2.17. The zero-order valence-electron chi connectivity index (χ0n) is 14.1. The van der Waals surface area contributed by atoms with Crippen molar-refractivity contribution in [3.8, 4) is 22.8 Å². The molecule has 140 valence electrons. The lowest BCUT2D eigenvalue weighted by Gasteiger charge is -2.12. The molecule has 27 heavy (non-hydrogen) atoms. The number of hydrogen-bond donors (Lipinski definition) is 3. The largest absolute Gasteiger partial charge is 0.573 e. The normalized spacial score (nSPS) is 11.1. The Morgan fingerprint density at radius 1 is 1.00 bits per heavy atom. The summed E-state index contributed by atoms with van der Waals surface area (Å²) in [6.45, 7) is 0. The number of aromatic hydroxyl groups is 1. The van der Waals surface area contributed by atoms with Crippen molar-refractivity contribution >= 4 is 17.5 Å². The number of alkyl halides is 3. The quantitative estimate of drug-likeness (QED) is 0.568. The lowest BCUT2D eigenvalue weighted by atomic mass is 10.1. The van der Waals surface area contributed by atoms with E-state index in [2.05, 4.69) is 25.3 Å². The van der Waals surface area contributed by atoms with E-state index in [-0.39, 0.29) is 17.4 Å². The highest BCUT2D eigenvalue weighted by Gasteiger charge is 2.31. The zero-order valence-corrected chi connectivity index (χ0v) is 14.1. The number of phenols is 1. The van der Waals surface area contributed by atoms with Crippen molar-refractivity contribution < 1.29 is 23.0 Å². The van der Waals surface area contributed by atoms with E-state index in [0.717, 1.165) is 0 Å². The Kier molecular flexibility index (Phi) is 5.02. The van der Waals surface area contributed by atoms with Gasteiger partial charge in [-0.05, 0) is 36.4 Å². The first-order valence-corrected chi connectivity index (χ1v) is 7.81. The second-order valence-corrected chi connectivity index (χ2v) is 5.46. The van der Waals surface area contributed by atoms with Crippen molar-refractivity contribution in [1.29, 1.82) is 0 Å². The zero-order chi connectivity index (χ0) is 19.4. The van der Waals surface area contributed by atoms with Crippen LogP contribution in [0.2, 0.25) is 0 Å². The van der Waals surface area contributed by atoms with E-state index >= 15 is 0 Å². The van der Waals surface area contributed by atoms with Gasteiger partial charge < -0.3 is 20.5 Å². The van der Waals surface area contributed by atoms with Crippen molar-refractivity contribution in [3.63, 3.8) is 0 Å². The van der Waals surface area contributed by atoms with Crippen LogP contribution in [0, 0.1) is 0 Å². The van der Waals surface area contributed by atoms with Crippen molar-refractivity contribution in [3.05, 3.63) is 54.6 Å². The van der Waals surface area contributed by atoms with E-state index in [1.165, 1.54) is 30.3 Å². The van der Waals surface area contributed by atoms with Gasteiger partial charge >= 0.3 is 6.36 Å². The molecule has 0 spiro atoms. The van der Waals surface area contributed by atoms with Gasteiger partial charge in [-0.15, -0.1) is 13.2 Å². The molecule has 0 radical (unpaired) electrons. The lowest BCUT2D eigenvalue weighted by molar-refractivity contribution is -0.274. The Morgan fingerprint density at radius 3 is 2.41 bits per heavy atom. The Bertz CT molecular complexity index is 931. The molecule has 3 N–H and O–H groups in total. The number of hydrogen-bond acceptors (Lipinski definition) is 6. The molecule has 0 fully saturated rings. The number of phenolic OH excluding ortho intramolecular Hbond substituents is 1. The maximum Gasteiger partial charge on any atom is 0.573 e. The van der Waals surface area contributed by atoms with Gasteiger partial charge in [-0.3, -0.25) is 0 Å². The minimum Gasteiger partial charge on any atom is -0.508 e. The van der Waals surface area contributed by atoms with Gasteiger partial charge in [0.25, 0.3) is 0 Å². The summed E-state index contributed by atoms with van der Waals surface area (Å²) in [5, 5.41) is 15.2. The Balaban J connectivity index is 1.93.